The topological polar surface area (TPSA) is 45.1 Å². The molecule has 0 saturated carbocycles. The third-order valence-corrected chi connectivity index (χ3v) is 8.28. The van der Waals surface area contributed by atoms with Gasteiger partial charge in [0.15, 0.2) is 5.17 Å². The van der Waals surface area contributed by atoms with Crippen molar-refractivity contribution in [1.29, 1.82) is 0 Å². The number of amidine groups is 1. The highest BCUT2D eigenvalue weighted by atomic mass is 35.5. The molecule has 8 heteroatoms. The Hall–Kier alpha value is -2.87. The van der Waals surface area contributed by atoms with Crippen molar-refractivity contribution in [2.45, 2.75) is 11.3 Å². The molecule has 0 bridgehead atoms. The van der Waals surface area contributed by atoms with Crippen molar-refractivity contribution >= 4 is 57.6 Å². The molecule has 3 aromatic carbocycles. The van der Waals surface area contributed by atoms with Crippen molar-refractivity contribution in [1.82, 2.24) is 4.90 Å². The smallest absolute Gasteiger partial charge is 0.269 e. The fourth-order valence-corrected chi connectivity index (χ4v) is 6.30. The van der Waals surface area contributed by atoms with Crippen molar-refractivity contribution in [3.8, 4) is 5.75 Å². The number of ether oxygens (including phenoxy) is 1. The van der Waals surface area contributed by atoms with Gasteiger partial charge in [0, 0.05) is 23.5 Å². The van der Waals surface area contributed by atoms with Crippen molar-refractivity contribution in [3.05, 3.63) is 93.3 Å². The summed E-state index contributed by atoms with van der Waals surface area (Å²) < 4.78 is 5.26. The number of benzene rings is 3. The molecule has 2 aliphatic heterocycles. The molecule has 0 aromatic heterocycles. The van der Waals surface area contributed by atoms with Crippen LogP contribution in [0.4, 0.5) is 11.4 Å². The lowest BCUT2D eigenvalue weighted by atomic mass is 10.1. The van der Waals surface area contributed by atoms with Gasteiger partial charge in [-0.2, -0.15) is 0 Å². The molecule has 2 aliphatic rings. The lowest BCUT2D eigenvalue weighted by molar-refractivity contribution is -0.122. The van der Waals surface area contributed by atoms with E-state index >= 15 is 0 Å². The van der Waals surface area contributed by atoms with Gasteiger partial charge < -0.3 is 9.64 Å². The molecular weight excluding hydrogens is 486 g/mol. The van der Waals surface area contributed by atoms with Crippen molar-refractivity contribution in [2.75, 3.05) is 25.6 Å². The minimum absolute atomic E-state index is 0.0264. The summed E-state index contributed by atoms with van der Waals surface area (Å²) in [5.74, 6) is 0.740. The number of halogens is 1. The minimum atomic E-state index is -0.0264. The van der Waals surface area contributed by atoms with Gasteiger partial charge in [0.1, 0.15) is 10.7 Å². The highest BCUT2D eigenvalue weighted by Crippen LogP contribution is 2.50. The van der Waals surface area contributed by atoms with Crippen LogP contribution in [-0.2, 0) is 11.2 Å². The Bertz CT molecular complexity index is 1290. The van der Waals surface area contributed by atoms with Crippen LogP contribution in [0.15, 0.2) is 92.6 Å². The van der Waals surface area contributed by atoms with E-state index in [0.717, 1.165) is 33.5 Å². The van der Waals surface area contributed by atoms with Crippen LogP contribution < -0.4 is 9.64 Å². The fourth-order valence-electron chi connectivity index (χ4n) is 3.79. The number of hydrogen-bond acceptors (Lipinski definition) is 6. The van der Waals surface area contributed by atoms with Gasteiger partial charge in [0.25, 0.3) is 5.91 Å². The molecule has 0 aliphatic carbocycles. The highest BCUT2D eigenvalue weighted by molar-refractivity contribution is 8.19. The SMILES string of the molecule is COc1ccc(N=C2S/C(=C3\Sc4ccc(Cl)cc4N3C)C(=O)N2CCc2ccccc2)cc1. The van der Waals surface area contributed by atoms with Gasteiger partial charge in [0.05, 0.1) is 23.5 Å². The molecule has 2 heterocycles. The number of thioether (sulfide) groups is 2. The van der Waals surface area contributed by atoms with Crippen molar-refractivity contribution in [2.24, 2.45) is 4.99 Å². The third-order valence-electron chi connectivity index (χ3n) is 5.62. The summed E-state index contributed by atoms with van der Waals surface area (Å²) in [5.41, 5.74) is 2.96. The number of amides is 1. The molecule has 0 N–H and O–H groups in total. The van der Waals surface area contributed by atoms with Crippen LogP contribution in [0.2, 0.25) is 5.02 Å². The van der Waals surface area contributed by atoms with Crippen LogP contribution in [0.25, 0.3) is 0 Å². The molecule has 3 aromatic rings. The molecule has 0 radical (unpaired) electrons. The number of hydrogen-bond donors (Lipinski definition) is 0. The number of anilines is 1. The summed E-state index contributed by atoms with van der Waals surface area (Å²) in [6, 6.07) is 23.5. The van der Waals surface area contributed by atoms with Gasteiger partial charge >= 0.3 is 0 Å². The average molecular weight is 508 g/mol. The maximum atomic E-state index is 13.7. The van der Waals surface area contributed by atoms with Gasteiger partial charge in [-0.25, -0.2) is 4.99 Å². The van der Waals surface area contributed by atoms with Gasteiger partial charge in [-0.3, -0.25) is 9.69 Å². The number of rotatable bonds is 5. The largest absolute Gasteiger partial charge is 0.497 e. The molecular formula is C26H22ClN3O2S2. The quantitative estimate of drug-likeness (QED) is 0.366. The molecule has 172 valence electrons. The van der Waals surface area contributed by atoms with E-state index in [-0.39, 0.29) is 5.91 Å². The number of fused-ring (bicyclic) bond motifs is 1. The Kier molecular flexibility index (Phi) is 6.59. The van der Waals surface area contributed by atoms with Crippen LogP contribution in [-0.4, -0.2) is 36.7 Å². The summed E-state index contributed by atoms with van der Waals surface area (Å²) in [4.78, 5) is 24.1. The van der Waals surface area contributed by atoms with E-state index in [0.29, 0.717) is 21.6 Å². The van der Waals surface area contributed by atoms with E-state index in [4.69, 9.17) is 21.3 Å². The van der Waals surface area contributed by atoms with E-state index in [2.05, 4.69) is 12.1 Å². The minimum Gasteiger partial charge on any atom is -0.497 e. The lowest BCUT2D eigenvalue weighted by Gasteiger charge is -2.17. The molecule has 0 unspecified atom stereocenters. The maximum absolute atomic E-state index is 13.7. The first-order valence-corrected chi connectivity index (χ1v) is 12.8. The molecule has 5 rings (SSSR count). The summed E-state index contributed by atoms with van der Waals surface area (Å²) in [5, 5.41) is 2.25. The van der Waals surface area contributed by atoms with Crippen LogP contribution in [0, 0.1) is 0 Å². The monoisotopic (exact) mass is 507 g/mol. The zero-order valence-electron chi connectivity index (χ0n) is 18.7. The van der Waals surface area contributed by atoms with Crippen LogP contribution in [0.1, 0.15) is 5.56 Å². The summed E-state index contributed by atoms with van der Waals surface area (Å²) in [7, 11) is 3.61. The second kappa shape index (κ2) is 9.78. The van der Waals surface area contributed by atoms with E-state index in [1.165, 1.54) is 17.3 Å². The third kappa shape index (κ3) is 4.56. The second-order valence-corrected chi connectivity index (χ2v) is 10.2. The van der Waals surface area contributed by atoms with Crippen molar-refractivity contribution < 1.29 is 9.53 Å². The molecule has 0 spiro atoms. The first-order valence-electron chi connectivity index (χ1n) is 10.8. The van der Waals surface area contributed by atoms with E-state index in [1.54, 1.807) is 23.8 Å². The van der Waals surface area contributed by atoms with E-state index in [1.807, 2.05) is 72.6 Å². The predicted octanol–water partition coefficient (Wildman–Crippen LogP) is 6.57. The molecule has 1 fully saturated rings. The van der Waals surface area contributed by atoms with E-state index < -0.39 is 0 Å². The molecule has 1 saturated heterocycles. The zero-order valence-corrected chi connectivity index (χ0v) is 21.1. The first kappa shape index (κ1) is 22.9. The number of aliphatic imine (C=N–C) groups is 1. The number of methoxy groups -OCH3 is 1. The average Bonchev–Trinajstić information content (AvgIpc) is 3.34. The van der Waals surface area contributed by atoms with Gasteiger partial charge in [-0.1, -0.05) is 53.7 Å². The molecule has 34 heavy (non-hydrogen) atoms. The molecule has 5 nitrogen and oxygen atoms in total. The maximum Gasteiger partial charge on any atom is 0.269 e. The van der Waals surface area contributed by atoms with Gasteiger partial charge in [0.2, 0.25) is 0 Å². The Morgan fingerprint density at radius 3 is 2.50 bits per heavy atom. The second-order valence-electron chi connectivity index (χ2n) is 7.79. The standard InChI is InChI=1S/C26H22ClN3O2S2/c1-29-21-16-18(27)8-13-22(21)33-25(29)23-24(31)30(15-14-17-6-4-3-5-7-17)26(34-23)28-19-9-11-20(32-2)12-10-19/h3-13,16H,14-15H2,1-2H3/b25-23-,28-26?. The zero-order chi connectivity index (χ0) is 23.7. The van der Waals surface area contributed by atoms with Crippen molar-refractivity contribution in [3.63, 3.8) is 0 Å². The Labute approximate surface area is 212 Å². The van der Waals surface area contributed by atoms with Crippen LogP contribution in [0.5, 0.6) is 5.75 Å². The van der Waals surface area contributed by atoms with Gasteiger partial charge in [-0.15, -0.1) is 0 Å². The highest BCUT2D eigenvalue weighted by Gasteiger charge is 2.39. The Morgan fingerprint density at radius 1 is 1.00 bits per heavy atom. The fraction of sp³-hybridized carbons (Fsp3) is 0.154. The predicted molar refractivity (Wildman–Crippen MR) is 142 cm³/mol. The Morgan fingerprint density at radius 2 is 1.76 bits per heavy atom. The van der Waals surface area contributed by atoms with E-state index in [9.17, 15) is 4.79 Å². The molecule has 0 atom stereocenters. The molecule has 1 amide bonds. The summed E-state index contributed by atoms with van der Waals surface area (Å²) in [6.07, 6.45) is 0.746. The normalized spacial score (nSPS) is 18.7. The summed E-state index contributed by atoms with van der Waals surface area (Å²) >= 11 is 9.23. The van der Waals surface area contributed by atoms with Crippen LogP contribution >= 0.6 is 35.1 Å². The first-order chi connectivity index (χ1) is 16.5. The van der Waals surface area contributed by atoms with Crippen LogP contribution in [0.3, 0.4) is 0 Å². The lowest BCUT2D eigenvalue weighted by Crippen LogP contribution is -2.31. The number of carbonyl (C=O) groups excluding carboxylic acids is 1. The Balaban J connectivity index is 1.49. The number of carbonyl (C=O) groups is 1. The number of nitrogens with zero attached hydrogens (tertiary/aromatic N) is 3. The van der Waals surface area contributed by atoms with Gasteiger partial charge in [-0.05, 0) is 66.2 Å². The summed E-state index contributed by atoms with van der Waals surface area (Å²) in [6.45, 7) is 0.550.